The maximum Gasteiger partial charge on any atom is 0.226 e. The van der Waals surface area contributed by atoms with E-state index in [-0.39, 0.29) is 23.8 Å². The van der Waals surface area contributed by atoms with Gasteiger partial charge in [0, 0.05) is 31.3 Å². The average molecular weight is 369 g/mol. The molecule has 3 aliphatic heterocycles. The van der Waals surface area contributed by atoms with E-state index in [9.17, 15) is 9.18 Å². The summed E-state index contributed by atoms with van der Waals surface area (Å²) in [5.41, 5.74) is 0.757. The summed E-state index contributed by atoms with van der Waals surface area (Å²) in [4.78, 5) is 21.6. The van der Waals surface area contributed by atoms with Crippen LogP contribution in [0.15, 0.2) is 30.3 Å². The molecule has 3 fully saturated rings. The van der Waals surface area contributed by atoms with E-state index < -0.39 is 5.72 Å². The van der Waals surface area contributed by atoms with Crippen molar-refractivity contribution in [2.75, 3.05) is 13.2 Å². The van der Waals surface area contributed by atoms with Crippen LogP contribution >= 0.6 is 0 Å². The smallest absolute Gasteiger partial charge is 0.226 e. The first kappa shape index (κ1) is 17.1. The van der Waals surface area contributed by atoms with E-state index in [2.05, 4.69) is 23.7 Å². The minimum atomic E-state index is -0.478. The summed E-state index contributed by atoms with van der Waals surface area (Å²) in [7, 11) is 0. The maximum atomic E-state index is 14.1. The fourth-order valence-corrected chi connectivity index (χ4v) is 5.09. The summed E-state index contributed by atoms with van der Waals surface area (Å²) in [5.74, 6) is 0.276. The van der Waals surface area contributed by atoms with E-state index in [1.54, 1.807) is 6.07 Å². The van der Waals surface area contributed by atoms with Gasteiger partial charge in [0.15, 0.2) is 5.72 Å². The van der Waals surface area contributed by atoms with E-state index in [0.717, 1.165) is 24.0 Å². The van der Waals surface area contributed by atoms with Crippen molar-refractivity contribution in [3.8, 4) is 0 Å². The van der Waals surface area contributed by atoms with Crippen molar-refractivity contribution in [2.45, 2.75) is 51.0 Å². The predicted octanol–water partition coefficient (Wildman–Crippen LogP) is 2.93. The molecule has 0 N–H and O–H groups in total. The predicted molar refractivity (Wildman–Crippen MR) is 99.3 cm³/mol. The fourth-order valence-electron chi connectivity index (χ4n) is 5.09. The van der Waals surface area contributed by atoms with Crippen LogP contribution in [-0.2, 0) is 16.1 Å². The standard InChI is InChI=1S/C21H24FN3O2/c1-13(2)17-12-27-21-8-9-24(18(21)10-19(26)25(17)21)11-15-7-6-14-4-3-5-16(22)20(14)23-15/h3-7,13,17-18H,8-12H2,1-2H3/t17-,18+,21-/m0/s1. The van der Waals surface area contributed by atoms with Gasteiger partial charge in [0.25, 0.3) is 0 Å². The number of carbonyl (C=O) groups is 1. The third-order valence-electron chi connectivity index (χ3n) is 6.46. The molecule has 5 nitrogen and oxygen atoms in total. The molecule has 1 aromatic carbocycles. The topological polar surface area (TPSA) is 45.7 Å². The molecule has 0 aliphatic carbocycles. The number of hydrogen-bond donors (Lipinski definition) is 0. The van der Waals surface area contributed by atoms with Gasteiger partial charge in [-0.1, -0.05) is 32.0 Å². The highest BCUT2D eigenvalue weighted by atomic mass is 19.1. The van der Waals surface area contributed by atoms with Gasteiger partial charge in [-0.05, 0) is 18.1 Å². The average Bonchev–Trinajstić information content (AvgIpc) is 3.26. The molecule has 1 spiro atoms. The summed E-state index contributed by atoms with van der Waals surface area (Å²) in [6, 6.07) is 9.09. The molecule has 3 atom stereocenters. The van der Waals surface area contributed by atoms with Crippen LogP contribution in [0.2, 0.25) is 0 Å². The first-order chi connectivity index (χ1) is 13.0. The molecule has 3 aliphatic rings. The number of rotatable bonds is 3. The normalized spacial score (nSPS) is 30.5. The SMILES string of the molecule is CC(C)[C@@H]1CO[C@@]23CCN(Cc4ccc5cccc(F)c5n4)[C@@H]2CC(=O)N13. The Morgan fingerprint density at radius 3 is 3.00 bits per heavy atom. The number of aromatic nitrogens is 1. The zero-order valence-corrected chi connectivity index (χ0v) is 15.7. The van der Waals surface area contributed by atoms with E-state index in [1.807, 2.05) is 23.1 Å². The Bertz CT molecular complexity index is 917. The second kappa shape index (κ2) is 5.97. The van der Waals surface area contributed by atoms with Crippen LogP contribution in [0, 0.1) is 11.7 Å². The number of likely N-dealkylation sites (tertiary alicyclic amines) is 1. The molecule has 0 saturated carbocycles. The highest BCUT2D eigenvalue weighted by molar-refractivity contribution is 5.82. The Labute approximate surface area is 158 Å². The molecule has 0 bridgehead atoms. The zero-order chi connectivity index (χ0) is 18.8. The molecule has 0 unspecified atom stereocenters. The monoisotopic (exact) mass is 369 g/mol. The lowest BCUT2D eigenvalue weighted by molar-refractivity contribution is -0.139. The first-order valence-corrected chi connectivity index (χ1v) is 9.74. The van der Waals surface area contributed by atoms with Crippen LogP contribution in [0.25, 0.3) is 10.9 Å². The van der Waals surface area contributed by atoms with E-state index in [1.165, 1.54) is 6.07 Å². The van der Waals surface area contributed by atoms with Gasteiger partial charge in [-0.2, -0.15) is 0 Å². The first-order valence-electron chi connectivity index (χ1n) is 9.74. The second-order valence-electron chi connectivity index (χ2n) is 8.29. The molecule has 142 valence electrons. The van der Waals surface area contributed by atoms with Crippen LogP contribution in [0.3, 0.4) is 0 Å². The summed E-state index contributed by atoms with van der Waals surface area (Å²) in [6.45, 7) is 6.37. The van der Waals surface area contributed by atoms with E-state index in [4.69, 9.17) is 4.74 Å². The van der Waals surface area contributed by atoms with Crippen LogP contribution in [0.5, 0.6) is 0 Å². The molecule has 27 heavy (non-hydrogen) atoms. The minimum absolute atomic E-state index is 0.0480. The van der Waals surface area contributed by atoms with Crippen molar-refractivity contribution >= 4 is 16.8 Å². The number of para-hydroxylation sites is 1. The largest absolute Gasteiger partial charge is 0.352 e. The summed E-state index contributed by atoms with van der Waals surface area (Å²) in [5, 5.41) is 0.803. The van der Waals surface area contributed by atoms with Crippen molar-refractivity contribution < 1.29 is 13.9 Å². The molecular weight excluding hydrogens is 345 g/mol. The van der Waals surface area contributed by atoms with Crippen molar-refractivity contribution in [2.24, 2.45) is 5.92 Å². The number of nitrogens with zero attached hydrogens (tertiary/aromatic N) is 3. The molecule has 2 aromatic rings. The van der Waals surface area contributed by atoms with Crippen molar-refractivity contribution in [1.29, 1.82) is 0 Å². The van der Waals surface area contributed by atoms with Gasteiger partial charge in [-0.15, -0.1) is 0 Å². The number of carbonyl (C=O) groups excluding carboxylic acids is 1. The zero-order valence-electron chi connectivity index (χ0n) is 15.7. The maximum absolute atomic E-state index is 14.1. The Kier molecular flexibility index (Phi) is 3.78. The van der Waals surface area contributed by atoms with Crippen LogP contribution in [0.1, 0.15) is 32.4 Å². The molecule has 4 heterocycles. The van der Waals surface area contributed by atoms with Crippen molar-refractivity contribution in [3.05, 3.63) is 41.8 Å². The van der Waals surface area contributed by atoms with Crippen LogP contribution in [-0.4, -0.2) is 51.7 Å². The van der Waals surface area contributed by atoms with E-state index >= 15 is 0 Å². The lowest BCUT2D eigenvalue weighted by atomic mass is 10.0. The van der Waals surface area contributed by atoms with Gasteiger partial charge < -0.3 is 9.64 Å². The molecular formula is C21H24FN3O2. The third-order valence-corrected chi connectivity index (χ3v) is 6.46. The molecule has 5 rings (SSSR count). The van der Waals surface area contributed by atoms with Crippen LogP contribution in [0.4, 0.5) is 4.39 Å². The summed E-state index contributed by atoms with van der Waals surface area (Å²) >= 11 is 0. The minimum Gasteiger partial charge on any atom is -0.352 e. The number of ether oxygens (including phenoxy) is 1. The Morgan fingerprint density at radius 1 is 1.33 bits per heavy atom. The Balaban J connectivity index is 1.42. The highest BCUT2D eigenvalue weighted by Crippen LogP contribution is 2.49. The summed E-state index contributed by atoms with van der Waals surface area (Å²) < 4.78 is 20.4. The molecule has 6 heteroatoms. The second-order valence-corrected chi connectivity index (χ2v) is 8.29. The third kappa shape index (κ3) is 2.43. The van der Waals surface area contributed by atoms with Gasteiger partial charge in [0.2, 0.25) is 5.91 Å². The number of benzene rings is 1. The van der Waals surface area contributed by atoms with Crippen LogP contribution < -0.4 is 0 Å². The quantitative estimate of drug-likeness (QED) is 0.835. The van der Waals surface area contributed by atoms with Crippen molar-refractivity contribution in [1.82, 2.24) is 14.8 Å². The van der Waals surface area contributed by atoms with Gasteiger partial charge in [0.1, 0.15) is 11.3 Å². The lowest BCUT2D eigenvalue weighted by Crippen LogP contribution is -2.50. The fraction of sp³-hybridized carbons (Fsp3) is 0.524. The number of halogens is 1. The number of fused-ring (bicyclic) bond motifs is 1. The molecule has 3 saturated heterocycles. The van der Waals surface area contributed by atoms with Crippen molar-refractivity contribution in [3.63, 3.8) is 0 Å². The lowest BCUT2D eigenvalue weighted by Gasteiger charge is -2.34. The Morgan fingerprint density at radius 2 is 2.19 bits per heavy atom. The van der Waals surface area contributed by atoms with Gasteiger partial charge in [0.05, 0.1) is 24.4 Å². The molecule has 1 amide bonds. The number of hydrogen-bond acceptors (Lipinski definition) is 4. The van der Waals surface area contributed by atoms with Gasteiger partial charge in [-0.25, -0.2) is 9.37 Å². The van der Waals surface area contributed by atoms with Gasteiger partial charge in [-0.3, -0.25) is 9.69 Å². The Hall–Kier alpha value is -2.05. The molecule has 0 radical (unpaired) electrons. The highest BCUT2D eigenvalue weighted by Gasteiger charge is 2.64. The number of pyridine rings is 1. The van der Waals surface area contributed by atoms with Gasteiger partial charge >= 0.3 is 0 Å². The number of amides is 1. The summed E-state index contributed by atoms with van der Waals surface area (Å²) in [6.07, 6.45) is 1.32. The van der Waals surface area contributed by atoms with E-state index in [0.29, 0.717) is 31.0 Å². The molecule has 1 aromatic heterocycles.